The number of hydrogen-bond donors (Lipinski definition) is 1. The van der Waals surface area contributed by atoms with E-state index in [0.29, 0.717) is 0 Å². The van der Waals surface area contributed by atoms with Gasteiger partial charge >= 0.3 is 0 Å². The van der Waals surface area contributed by atoms with Gasteiger partial charge in [-0.1, -0.05) is 0 Å². The first-order valence-corrected chi connectivity index (χ1v) is 6.03. The Balaban J connectivity index is 2.04. The predicted molar refractivity (Wildman–Crippen MR) is 67.9 cm³/mol. The quantitative estimate of drug-likeness (QED) is 0.859. The summed E-state index contributed by atoms with van der Waals surface area (Å²) in [7, 11) is 0. The van der Waals surface area contributed by atoms with E-state index in [0.717, 1.165) is 31.0 Å². The minimum absolute atomic E-state index is 0.782. The van der Waals surface area contributed by atoms with Crippen molar-refractivity contribution in [3.63, 3.8) is 0 Å². The van der Waals surface area contributed by atoms with Crippen LogP contribution in [0, 0.1) is 6.92 Å². The first kappa shape index (κ1) is 11.7. The third-order valence-corrected chi connectivity index (χ3v) is 2.83. The standard InChI is InChI=1S/C12H19N5/c1-4-16-9-12(10(3)15-16)13-8-11-6-7-14-17(11)5-2/h6-7,9,13H,4-5,8H2,1-3H3. The normalized spacial score (nSPS) is 10.8. The van der Waals surface area contributed by atoms with Gasteiger partial charge in [0.05, 0.1) is 23.6 Å². The molecule has 92 valence electrons. The van der Waals surface area contributed by atoms with Crippen LogP contribution in [0.5, 0.6) is 0 Å². The summed E-state index contributed by atoms with van der Waals surface area (Å²) in [5, 5.41) is 12.1. The maximum absolute atomic E-state index is 4.40. The zero-order valence-electron chi connectivity index (χ0n) is 10.6. The predicted octanol–water partition coefficient (Wildman–Crippen LogP) is 2.04. The summed E-state index contributed by atoms with van der Waals surface area (Å²) in [5.74, 6) is 0. The molecule has 17 heavy (non-hydrogen) atoms. The van der Waals surface area contributed by atoms with Crippen molar-refractivity contribution in [2.45, 2.75) is 40.4 Å². The fourth-order valence-corrected chi connectivity index (χ4v) is 1.83. The first-order valence-electron chi connectivity index (χ1n) is 6.03. The van der Waals surface area contributed by atoms with E-state index in [9.17, 15) is 0 Å². The summed E-state index contributed by atoms with van der Waals surface area (Å²) in [6, 6.07) is 2.04. The fourth-order valence-electron chi connectivity index (χ4n) is 1.83. The molecule has 5 nitrogen and oxygen atoms in total. The van der Waals surface area contributed by atoms with Crippen molar-refractivity contribution in [2.24, 2.45) is 0 Å². The van der Waals surface area contributed by atoms with Gasteiger partial charge in [0.15, 0.2) is 0 Å². The van der Waals surface area contributed by atoms with Gasteiger partial charge in [0.25, 0.3) is 0 Å². The van der Waals surface area contributed by atoms with Crippen molar-refractivity contribution in [1.29, 1.82) is 0 Å². The lowest BCUT2D eigenvalue weighted by atomic mass is 10.3. The number of aryl methyl sites for hydroxylation is 3. The van der Waals surface area contributed by atoms with Gasteiger partial charge in [-0.15, -0.1) is 0 Å². The highest BCUT2D eigenvalue weighted by Crippen LogP contribution is 2.13. The van der Waals surface area contributed by atoms with Crippen LogP contribution in [0.1, 0.15) is 25.2 Å². The average Bonchev–Trinajstić information content (AvgIpc) is 2.92. The molecule has 0 aliphatic rings. The molecule has 0 saturated carbocycles. The van der Waals surface area contributed by atoms with Crippen LogP contribution in [-0.4, -0.2) is 19.6 Å². The Kier molecular flexibility index (Phi) is 3.46. The van der Waals surface area contributed by atoms with E-state index in [4.69, 9.17) is 0 Å². The fraction of sp³-hybridized carbons (Fsp3) is 0.500. The number of nitrogens with zero attached hydrogens (tertiary/aromatic N) is 4. The molecular formula is C12H19N5. The third-order valence-electron chi connectivity index (χ3n) is 2.83. The zero-order valence-corrected chi connectivity index (χ0v) is 10.6. The van der Waals surface area contributed by atoms with E-state index >= 15 is 0 Å². The van der Waals surface area contributed by atoms with Gasteiger partial charge in [-0.3, -0.25) is 9.36 Å². The molecule has 5 heteroatoms. The SMILES string of the molecule is CCn1cc(NCc2ccnn2CC)c(C)n1. The van der Waals surface area contributed by atoms with Gasteiger partial charge in [-0.25, -0.2) is 0 Å². The van der Waals surface area contributed by atoms with Gasteiger partial charge in [0.2, 0.25) is 0 Å². The van der Waals surface area contributed by atoms with Crippen LogP contribution in [0.2, 0.25) is 0 Å². The van der Waals surface area contributed by atoms with Gasteiger partial charge in [-0.2, -0.15) is 10.2 Å². The number of aromatic nitrogens is 4. The molecule has 0 atom stereocenters. The third kappa shape index (κ3) is 2.49. The number of anilines is 1. The summed E-state index contributed by atoms with van der Waals surface area (Å²) in [4.78, 5) is 0. The molecular weight excluding hydrogens is 214 g/mol. The first-order chi connectivity index (χ1) is 8.24. The summed E-state index contributed by atoms with van der Waals surface area (Å²) in [6.07, 6.45) is 3.88. The average molecular weight is 233 g/mol. The maximum Gasteiger partial charge on any atom is 0.0825 e. The lowest BCUT2D eigenvalue weighted by Gasteiger charge is -2.06. The molecule has 0 aliphatic carbocycles. The van der Waals surface area contributed by atoms with E-state index in [1.807, 2.05) is 34.7 Å². The van der Waals surface area contributed by atoms with Crippen molar-refractivity contribution in [2.75, 3.05) is 5.32 Å². The Morgan fingerprint density at radius 3 is 2.76 bits per heavy atom. The maximum atomic E-state index is 4.40. The Labute approximate surface area is 101 Å². The second-order valence-electron chi connectivity index (χ2n) is 3.98. The van der Waals surface area contributed by atoms with E-state index in [2.05, 4.69) is 29.4 Å². The van der Waals surface area contributed by atoms with E-state index < -0.39 is 0 Å². The number of hydrogen-bond acceptors (Lipinski definition) is 3. The summed E-state index contributed by atoms with van der Waals surface area (Å²) in [6.45, 7) is 8.78. The van der Waals surface area contributed by atoms with Crippen LogP contribution in [0.15, 0.2) is 18.5 Å². The molecule has 0 unspecified atom stereocenters. The Hall–Kier alpha value is -1.78. The summed E-state index contributed by atoms with van der Waals surface area (Å²) < 4.78 is 3.93. The van der Waals surface area contributed by atoms with Crippen molar-refractivity contribution in [3.8, 4) is 0 Å². The highest BCUT2D eigenvalue weighted by atomic mass is 15.3. The lowest BCUT2D eigenvalue weighted by Crippen LogP contribution is -2.07. The van der Waals surface area contributed by atoms with Crippen LogP contribution in [0.4, 0.5) is 5.69 Å². The molecule has 0 aliphatic heterocycles. The van der Waals surface area contributed by atoms with E-state index in [1.54, 1.807) is 0 Å². The van der Waals surface area contributed by atoms with Crippen molar-refractivity contribution in [3.05, 3.63) is 29.8 Å². The second kappa shape index (κ2) is 5.03. The zero-order chi connectivity index (χ0) is 12.3. The minimum atomic E-state index is 0.782. The van der Waals surface area contributed by atoms with Crippen LogP contribution < -0.4 is 5.32 Å². The molecule has 0 saturated heterocycles. The Morgan fingerprint density at radius 2 is 2.12 bits per heavy atom. The highest BCUT2D eigenvalue weighted by molar-refractivity contribution is 5.45. The summed E-state index contributed by atoms with van der Waals surface area (Å²) >= 11 is 0. The molecule has 2 aromatic heterocycles. The lowest BCUT2D eigenvalue weighted by molar-refractivity contribution is 0.627. The molecule has 0 bridgehead atoms. The number of rotatable bonds is 5. The summed E-state index contributed by atoms with van der Waals surface area (Å²) in [5.41, 5.74) is 3.32. The number of nitrogens with one attached hydrogen (secondary N) is 1. The van der Waals surface area contributed by atoms with Gasteiger partial charge in [0.1, 0.15) is 0 Å². The smallest absolute Gasteiger partial charge is 0.0825 e. The van der Waals surface area contributed by atoms with Crippen molar-refractivity contribution < 1.29 is 0 Å². The molecule has 1 N–H and O–H groups in total. The Morgan fingerprint density at radius 1 is 1.29 bits per heavy atom. The molecule has 0 aromatic carbocycles. The molecule has 0 fully saturated rings. The van der Waals surface area contributed by atoms with Gasteiger partial charge < -0.3 is 5.32 Å². The van der Waals surface area contributed by atoms with Crippen LogP contribution >= 0.6 is 0 Å². The van der Waals surface area contributed by atoms with Crippen molar-refractivity contribution >= 4 is 5.69 Å². The molecule has 2 heterocycles. The van der Waals surface area contributed by atoms with Gasteiger partial charge in [-0.05, 0) is 26.8 Å². The van der Waals surface area contributed by atoms with E-state index in [1.165, 1.54) is 5.69 Å². The van der Waals surface area contributed by atoms with Crippen molar-refractivity contribution in [1.82, 2.24) is 19.6 Å². The highest BCUT2D eigenvalue weighted by Gasteiger charge is 2.05. The van der Waals surface area contributed by atoms with Gasteiger partial charge in [0, 0.05) is 25.5 Å². The second-order valence-corrected chi connectivity index (χ2v) is 3.98. The van der Waals surface area contributed by atoms with E-state index in [-0.39, 0.29) is 0 Å². The molecule has 0 amide bonds. The minimum Gasteiger partial charge on any atom is -0.377 e. The molecule has 2 rings (SSSR count). The molecule has 0 radical (unpaired) electrons. The monoisotopic (exact) mass is 233 g/mol. The molecule has 2 aromatic rings. The van der Waals surface area contributed by atoms with Crippen LogP contribution in [-0.2, 0) is 19.6 Å². The Bertz CT molecular complexity index is 483. The van der Waals surface area contributed by atoms with Crippen LogP contribution in [0.25, 0.3) is 0 Å². The topological polar surface area (TPSA) is 47.7 Å². The molecule has 0 spiro atoms. The largest absolute Gasteiger partial charge is 0.377 e. The van der Waals surface area contributed by atoms with Crippen LogP contribution in [0.3, 0.4) is 0 Å².